The van der Waals surface area contributed by atoms with Crippen molar-refractivity contribution in [2.24, 2.45) is 0 Å². The first-order valence-electron chi connectivity index (χ1n) is 10.2. The molecule has 0 bridgehead atoms. The zero-order valence-corrected chi connectivity index (χ0v) is 19.5. The minimum Gasteiger partial charge on any atom is -0.427 e. The molecule has 0 saturated carbocycles. The number of halogens is 6. The molecule has 1 fully saturated rings. The van der Waals surface area contributed by atoms with Gasteiger partial charge < -0.3 is 9.64 Å². The Labute approximate surface area is 206 Å². The number of nitrogens with zero attached hydrogens (tertiary/aromatic N) is 7. The first-order chi connectivity index (χ1) is 16.6. The predicted molar refractivity (Wildman–Crippen MR) is 117 cm³/mol. The third-order valence-corrected chi connectivity index (χ3v) is 5.83. The molecule has 1 aromatic carbocycles. The molecule has 186 valence electrons. The van der Waals surface area contributed by atoms with Crippen molar-refractivity contribution in [3.63, 3.8) is 0 Å². The molecule has 0 spiro atoms. The van der Waals surface area contributed by atoms with Gasteiger partial charge in [0.2, 0.25) is 0 Å². The molecule has 1 atom stereocenters. The Balaban J connectivity index is 1.63. The molecule has 15 heteroatoms. The molecule has 1 aliphatic rings. The first-order valence-corrected chi connectivity index (χ1v) is 10.9. The van der Waals surface area contributed by atoms with Gasteiger partial charge in [0.25, 0.3) is 0 Å². The molecule has 3 aromatic rings. The molecule has 0 aliphatic carbocycles. The van der Waals surface area contributed by atoms with Crippen LogP contribution in [0.4, 0.5) is 28.0 Å². The predicted octanol–water partition coefficient (Wildman–Crippen LogP) is 4.99. The summed E-state index contributed by atoms with van der Waals surface area (Å²) in [6.07, 6.45) is -2.60. The van der Waals surface area contributed by atoms with E-state index in [9.17, 15) is 22.4 Å². The molecule has 2 amide bonds. The number of ether oxygens (including phenoxy) is 1. The second-order valence-corrected chi connectivity index (χ2v) is 8.26. The molecule has 0 unspecified atom stereocenters. The Morgan fingerprint density at radius 3 is 2.57 bits per heavy atom. The smallest absolute Gasteiger partial charge is 0.427 e. The van der Waals surface area contributed by atoms with Gasteiger partial charge in [-0.15, -0.1) is 0 Å². The van der Waals surface area contributed by atoms with Gasteiger partial charge >= 0.3 is 18.6 Å². The Morgan fingerprint density at radius 1 is 1.11 bits per heavy atom. The van der Waals surface area contributed by atoms with Gasteiger partial charge in [-0.1, -0.05) is 23.2 Å². The number of aromatic nitrogens is 5. The minimum atomic E-state index is -4.79. The van der Waals surface area contributed by atoms with Gasteiger partial charge in [-0.3, -0.25) is 9.88 Å². The van der Waals surface area contributed by atoms with Crippen molar-refractivity contribution in [1.82, 2.24) is 29.6 Å². The highest BCUT2D eigenvalue weighted by atomic mass is 35.5. The van der Waals surface area contributed by atoms with Crippen molar-refractivity contribution in [1.29, 1.82) is 0 Å². The van der Waals surface area contributed by atoms with E-state index >= 15 is 0 Å². The van der Waals surface area contributed by atoms with Crippen molar-refractivity contribution >= 4 is 34.9 Å². The number of anilines is 1. The maximum Gasteiger partial charge on any atom is 0.461 e. The molecule has 3 heterocycles. The molecule has 0 radical (unpaired) electrons. The van der Waals surface area contributed by atoms with E-state index < -0.39 is 35.4 Å². The Kier molecular flexibility index (Phi) is 6.99. The van der Waals surface area contributed by atoms with Gasteiger partial charge in [-0.2, -0.15) is 27.3 Å². The summed E-state index contributed by atoms with van der Waals surface area (Å²) < 4.78 is 57.8. The molecule has 2 aromatic heterocycles. The van der Waals surface area contributed by atoms with Crippen molar-refractivity contribution < 1.29 is 27.1 Å². The van der Waals surface area contributed by atoms with Crippen LogP contribution in [0.2, 0.25) is 10.0 Å². The van der Waals surface area contributed by atoms with Gasteiger partial charge in [-0.05, 0) is 19.4 Å². The number of amides is 2. The second kappa shape index (κ2) is 9.82. The van der Waals surface area contributed by atoms with Crippen LogP contribution in [0, 0.1) is 0 Å². The fourth-order valence-electron chi connectivity index (χ4n) is 3.57. The van der Waals surface area contributed by atoms with E-state index in [1.165, 1.54) is 39.4 Å². The van der Waals surface area contributed by atoms with E-state index in [2.05, 4.69) is 24.8 Å². The molecule has 1 aliphatic heterocycles. The van der Waals surface area contributed by atoms with Gasteiger partial charge in [0.15, 0.2) is 11.6 Å². The monoisotopic (exact) mass is 533 g/mol. The van der Waals surface area contributed by atoms with E-state index in [0.717, 1.165) is 12.1 Å². The summed E-state index contributed by atoms with van der Waals surface area (Å²) in [5.41, 5.74) is -0.0200. The number of alkyl halides is 4. The molecule has 9 nitrogen and oxygen atoms in total. The Hall–Kier alpha value is -3.19. The van der Waals surface area contributed by atoms with Crippen LogP contribution in [0.3, 0.4) is 0 Å². The summed E-state index contributed by atoms with van der Waals surface area (Å²) in [7, 11) is 0. The fraction of sp³-hybridized carbons (Fsp3) is 0.350. The lowest BCUT2D eigenvalue weighted by atomic mass is 10.1. The van der Waals surface area contributed by atoms with Crippen LogP contribution in [0.5, 0.6) is 5.75 Å². The Bertz CT molecular complexity index is 1220. The van der Waals surface area contributed by atoms with Crippen molar-refractivity contribution in [2.45, 2.75) is 31.9 Å². The van der Waals surface area contributed by atoms with Crippen molar-refractivity contribution in [2.75, 3.05) is 18.0 Å². The van der Waals surface area contributed by atoms with Crippen LogP contribution < -0.4 is 9.64 Å². The summed E-state index contributed by atoms with van der Waals surface area (Å²) in [5, 5.41) is 3.70. The molecule has 1 saturated heterocycles. The second-order valence-electron chi connectivity index (χ2n) is 7.45. The number of hydrogen-bond acceptors (Lipinski definition) is 6. The number of carbonyl (C=O) groups is 1. The van der Waals surface area contributed by atoms with Crippen LogP contribution in [0.15, 0.2) is 37.1 Å². The third kappa shape index (κ3) is 4.96. The third-order valence-electron chi connectivity index (χ3n) is 5.23. The number of rotatable bonds is 7. The average molecular weight is 534 g/mol. The highest BCUT2D eigenvalue weighted by Crippen LogP contribution is 2.41. The number of hydrogen-bond donors (Lipinski definition) is 0. The largest absolute Gasteiger partial charge is 0.461 e. The lowest BCUT2D eigenvalue weighted by Gasteiger charge is -2.39. The maximum absolute atomic E-state index is 13.5. The van der Waals surface area contributed by atoms with Gasteiger partial charge in [-0.25, -0.2) is 14.8 Å². The van der Waals surface area contributed by atoms with Crippen LogP contribution in [-0.4, -0.2) is 61.3 Å². The first kappa shape index (κ1) is 24.9. The topological polar surface area (TPSA) is 89.3 Å². The zero-order chi connectivity index (χ0) is 25.3. The molecule has 35 heavy (non-hydrogen) atoms. The lowest BCUT2D eigenvalue weighted by molar-refractivity contribution is -0.253. The SMILES string of the molecule is C[C@@H](c1ncnn1-c1cnccn1)N1CCCN(c2cc(OC(F)(F)C(F)F)c(Cl)cc2Cl)C1=O. The van der Waals surface area contributed by atoms with E-state index in [1.807, 2.05) is 0 Å². The van der Waals surface area contributed by atoms with Crippen LogP contribution >= 0.6 is 23.2 Å². The van der Waals surface area contributed by atoms with Gasteiger partial charge in [0.1, 0.15) is 12.1 Å². The van der Waals surface area contributed by atoms with Gasteiger partial charge in [0, 0.05) is 31.5 Å². The van der Waals surface area contributed by atoms with Crippen LogP contribution in [0.1, 0.15) is 25.2 Å². The average Bonchev–Trinajstić information content (AvgIpc) is 3.31. The lowest BCUT2D eigenvalue weighted by Crippen LogP contribution is -2.50. The minimum absolute atomic E-state index is 0.0200. The van der Waals surface area contributed by atoms with Crippen molar-refractivity contribution in [3.05, 3.63) is 52.9 Å². The summed E-state index contributed by atoms with van der Waals surface area (Å²) in [6.45, 7) is 2.27. The maximum atomic E-state index is 13.5. The van der Waals surface area contributed by atoms with Crippen LogP contribution in [0.25, 0.3) is 5.82 Å². The quantitative estimate of drug-likeness (QED) is 0.397. The highest BCUT2D eigenvalue weighted by Gasteiger charge is 2.45. The molecule has 0 N–H and O–H groups in total. The van der Waals surface area contributed by atoms with Crippen LogP contribution in [-0.2, 0) is 0 Å². The van der Waals surface area contributed by atoms with Gasteiger partial charge in [0.05, 0.1) is 28.0 Å². The standard InChI is InChI=1S/C20H17Cl2F4N7O2/c1-11(17-29-10-30-33(17)16-9-27-3-4-28-16)31-5-2-6-32(19(31)34)14-8-15(13(22)7-12(14)21)35-20(25,26)18(23)24/h3-4,7-11,18H,2,5-6H2,1H3/t11-/m0/s1. The number of benzene rings is 1. The number of urea groups is 1. The molecular weight excluding hydrogens is 517 g/mol. The fourth-order valence-corrected chi connectivity index (χ4v) is 4.10. The molecular formula is C20H17Cl2F4N7O2. The summed E-state index contributed by atoms with van der Waals surface area (Å²) in [6, 6.07) is 0.887. The van der Waals surface area contributed by atoms with E-state index in [0.29, 0.717) is 24.6 Å². The summed E-state index contributed by atoms with van der Waals surface area (Å²) >= 11 is 12.1. The number of carbonyl (C=O) groups excluding carboxylic acids is 1. The zero-order valence-electron chi connectivity index (χ0n) is 18.0. The van der Waals surface area contributed by atoms with Crippen molar-refractivity contribution in [3.8, 4) is 11.6 Å². The van der Waals surface area contributed by atoms with E-state index in [-0.39, 0.29) is 17.3 Å². The van der Waals surface area contributed by atoms with E-state index in [1.54, 1.807) is 6.92 Å². The van der Waals surface area contributed by atoms with E-state index in [4.69, 9.17) is 23.2 Å². The highest BCUT2D eigenvalue weighted by molar-refractivity contribution is 6.37. The normalized spacial score (nSPS) is 15.6. The summed E-state index contributed by atoms with van der Waals surface area (Å²) in [4.78, 5) is 28.6. The Morgan fingerprint density at radius 2 is 1.89 bits per heavy atom. The summed E-state index contributed by atoms with van der Waals surface area (Å²) in [5.74, 6) is 0.0656. The molecule has 4 rings (SSSR count).